The summed E-state index contributed by atoms with van der Waals surface area (Å²) in [4.78, 5) is 17.6. The highest BCUT2D eigenvalue weighted by atomic mass is 32.2. The Labute approximate surface area is 204 Å². The predicted molar refractivity (Wildman–Crippen MR) is 140 cm³/mol. The minimum absolute atomic E-state index is 0.133. The van der Waals surface area contributed by atoms with E-state index in [-0.39, 0.29) is 11.7 Å². The molecule has 168 valence electrons. The van der Waals surface area contributed by atoms with Crippen molar-refractivity contribution in [1.29, 1.82) is 5.26 Å². The molecule has 0 saturated heterocycles. The average Bonchev–Trinajstić information content (AvgIpc) is 2.86. The van der Waals surface area contributed by atoms with Crippen molar-refractivity contribution in [3.8, 4) is 28.5 Å². The fraction of sp³-hybridized carbons (Fsp3) is 0.138. The second kappa shape index (κ2) is 10.4. The standard InChI is InChI=1S/C29H25N3OS/c1-19-12-14-23(15-13-19)27-16-24(22-9-5-4-6-10-22)25(17-30)29(32-27)34-18-28(33)31-26-11-7-8-20(2)21(26)3/h4-16H,18H2,1-3H3,(H,31,33). The van der Waals surface area contributed by atoms with Gasteiger partial charge in [0.25, 0.3) is 0 Å². The van der Waals surface area contributed by atoms with Gasteiger partial charge in [0, 0.05) is 16.8 Å². The molecule has 0 aliphatic heterocycles. The van der Waals surface area contributed by atoms with E-state index in [9.17, 15) is 10.1 Å². The van der Waals surface area contributed by atoms with Gasteiger partial charge in [-0.05, 0) is 49.6 Å². The van der Waals surface area contributed by atoms with Gasteiger partial charge in [-0.15, -0.1) is 0 Å². The third-order valence-electron chi connectivity index (χ3n) is 5.75. The van der Waals surface area contributed by atoms with Crippen LogP contribution in [0.5, 0.6) is 0 Å². The number of nitriles is 1. The van der Waals surface area contributed by atoms with Crippen molar-refractivity contribution in [2.75, 3.05) is 11.1 Å². The smallest absolute Gasteiger partial charge is 0.234 e. The number of amides is 1. The molecule has 1 heterocycles. The second-order valence-electron chi connectivity index (χ2n) is 8.16. The summed E-state index contributed by atoms with van der Waals surface area (Å²) in [5.74, 6) is 0.0204. The molecule has 0 atom stereocenters. The molecule has 34 heavy (non-hydrogen) atoms. The Bertz CT molecular complexity index is 1370. The predicted octanol–water partition coefficient (Wildman–Crippen LogP) is 6.94. The Hall–Kier alpha value is -3.88. The molecular weight excluding hydrogens is 438 g/mol. The van der Waals surface area contributed by atoms with Crippen molar-refractivity contribution in [1.82, 2.24) is 4.98 Å². The summed E-state index contributed by atoms with van der Waals surface area (Å²) < 4.78 is 0. The minimum Gasteiger partial charge on any atom is -0.325 e. The first-order valence-corrected chi connectivity index (χ1v) is 12.0. The van der Waals surface area contributed by atoms with Crippen LogP contribution < -0.4 is 5.32 Å². The summed E-state index contributed by atoms with van der Waals surface area (Å²) in [6.45, 7) is 6.05. The van der Waals surface area contributed by atoms with Crippen LogP contribution in [0.25, 0.3) is 22.4 Å². The maximum absolute atomic E-state index is 12.8. The number of nitrogens with zero attached hydrogens (tertiary/aromatic N) is 2. The number of carbonyl (C=O) groups is 1. The molecule has 0 radical (unpaired) electrons. The van der Waals surface area contributed by atoms with Crippen molar-refractivity contribution in [2.24, 2.45) is 0 Å². The van der Waals surface area contributed by atoms with E-state index in [4.69, 9.17) is 4.98 Å². The summed E-state index contributed by atoms with van der Waals surface area (Å²) in [6.07, 6.45) is 0. The van der Waals surface area contributed by atoms with E-state index in [2.05, 4.69) is 11.4 Å². The van der Waals surface area contributed by atoms with Crippen LogP contribution in [-0.4, -0.2) is 16.6 Å². The van der Waals surface area contributed by atoms with E-state index < -0.39 is 0 Å². The zero-order chi connectivity index (χ0) is 24.1. The molecule has 4 aromatic rings. The Balaban J connectivity index is 1.68. The maximum atomic E-state index is 12.8. The average molecular weight is 464 g/mol. The lowest BCUT2D eigenvalue weighted by molar-refractivity contribution is -0.113. The first-order valence-electron chi connectivity index (χ1n) is 11.0. The quantitative estimate of drug-likeness (QED) is 0.314. The number of hydrogen-bond donors (Lipinski definition) is 1. The Morgan fingerprint density at radius 2 is 1.68 bits per heavy atom. The van der Waals surface area contributed by atoms with Gasteiger partial charge in [0.1, 0.15) is 11.1 Å². The number of carbonyl (C=O) groups excluding carboxylic acids is 1. The molecule has 5 heteroatoms. The van der Waals surface area contributed by atoms with E-state index in [1.807, 2.05) is 99.6 Å². The number of benzene rings is 3. The van der Waals surface area contributed by atoms with Crippen molar-refractivity contribution < 1.29 is 4.79 Å². The molecule has 0 fully saturated rings. The van der Waals surface area contributed by atoms with Crippen LogP contribution in [0.1, 0.15) is 22.3 Å². The van der Waals surface area contributed by atoms with Crippen LogP contribution in [-0.2, 0) is 4.79 Å². The van der Waals surface area contributed by atoms with Crippen molar-refractivity contribution in [3.63, 3.8) is 0 Å². The highest BCUT2D eigenvalue weighted by Crippen LogP contribution is 2.34. The monoisotopic (exact) mass is 463 g/mol. The van der Waals surface area contributed by atoms with Gasteiger partial charge >= 0.3 is 0 Å². The van der Waals surface area contributed by atoms with E-state index in [0.717, 1.165) is 39.2 Å². The molecule has 1 aromatic heterocycles. The molecule has 0 saturated carbocycles. The van der Waals surface area contributed by atoms with Gasteiger partial charge in [-0.25, -0.2) is 4.98 Å². The number of nitrogens with one attached hydrogen (secondary N) is 1. The molecule has 3 aromatic carbocycles. The Morgan fingerprint density at radius 3 is 2.38 bits per heavy atom. The zero-order valence-electron chi connectivity index (χ0n) is 19.4. The van der Waals surface area contributed by atoms with Gasteiger partial charge in [0.15, 0.2) is 0 Å². The van der Waals surface area contributed by atoms with Crippen LogP contribution in [0.3, 0.4) is 0 Å². The molecule has 0 aliphatic rings. The highest BCUT2D eigenvalue weighted by Gasteiger charge is 2.17. The van der Waals surface area contributed by atoms with Crippen molar-refractivity contribution in [3.05, 3.63) is 101 Å². The van der Waals surface area contributed by atoms with Crippen molar-refractivity contribution in [2.45, 2.75) is 25.8 Å². The topological polar surface area (TPSA) is 65.8 Å². The first-order chi connectivity index (χ1) is 16.5. The van der Waals surface area contributed by atoms with Gasteiger partial charge in [-0.1, -0.05) is 84.1 Å². The fourth-order valence-electron chi connectivity index (χ4n) is 3.66. The van der Waals surface area contributed by atoms with Crippen LogP contribution in [0.2, 0.25) is 0 Å². The molecule has 0 unspecified atom stereocenters. The lowest BCUT2D eigenvalue weighted by atomic mass is 9.99. The second-order valence-corrected chi connectivity index (χ2v) is 9.13. The largest absolute Gasteiger partial charge is 0.325 e. The highest BCUT2D eigenvalue weighted by molar-refractivity contribution is 8.00. The third kappa shape index (κ3) is 5.19. The van der Waals surface area contributed by atoms with E-state index in [1.54, 1.807) is 0 Å². The first kappa shape index (κ1) is 23.3. The lowest BCUT2D eigenvalue weighted by Gasteiger charge is -2.13. The molecular formula is C29H25N3OS. The van der Waals surface area contributed by atoms with Gasteiger partial charge < -0.3 is 5.32 Å². The van der Waals surface area contributed by atoms with Gasteiger partial charge in [0.05, 0.1) is 17.0 Å². The number of aryl methyl sites for hydroxylation is 2. The maximum Gasteiger partial charge on any atom is 0.234 e. The summed E-state index contributed by atoms with van der Waals surface area (Å²) in [5, 5.41) is 13.6. The van der Waals surface area contributed by atoms with Crippen LogP contribution in [0.15, 0.2) is 83.9 Å². The summed E-state index contributed by atoms with van der Waals surface area (Å²) in [6, 6.07) is 28.1. The number of anilines is 1. The van der Waals surface area contributed by atoms with E-state index >= 15 is 0 Å². The van der Waals surface area contributed by atoms with Gasteiger partial charge in [-0.3, -0.25) is 4.79 Å². The normalized spacial score (nSPS) is 10.5. The van der Waals surface area contributed by atoms with Gasteiger partial charge in [0.2, 0.25) is 5.91 Å². The SMILES string of the molecule is Cc1ccc(-c2cc(-c3ccccc3)c(C#N)c(SCC(=O)Nc3cccc(C)c3C)n2)cc1. The molecule has 4 nitrogen and oxygen atoms in total. The Morgan fingerprint density at radius 1 is 0.941 bits per heavy atom. The van der Waals surface area contributed by atoms with E-state index in [0.29, 0.717) is 10.6 Å². The third-order valence-corrected chi connectivity index (χ3v) is 6.72. The zero-order valence-corrected chi connectivity index (χ0v) is 20.2. The Kier molecular flexibility index (Phi) is 7.10. The van der Waals surface area contributed by atoms with Crippen molar-refractivity contribution >= 4 is 23.4 Å². The summed E-state index contributed by atoms with van der Waals surface area (Å²) in [5.41, 5.74) is 8.11. The van der Waals surface area contributed by atoms with E-state index in [1.165, 1.54) is 17.3 Å². The number of hydrogen-bond acceptors (Lipinski definition) is 4. The number of aromatic nitrogens is 1. The number of pyridine rings is 1. The molecule has 0 aliphatic carbocycles. The summed E-state index contributed by atoms with van der Waals surface area (Å²) in [7, 11) is 0. The molecule has 4 rings (SSSR count). The number of thioether (sulfide) groups is 1. The van der Waals surface area contributed by atoms with Crippen LogP contribution >= 0.6 is 11.8 Å². The molecule has 1 N–H and O–H groups in total. The van der Waals surface area contributed by atoms with Crippen LogP contribution in [0.4, 0.5) is 5.69 Å². The van der Waals surface area contributed by atoms with Gasteiger partial charge in [-0.2, -0.15) is 5.26 Å². The fourth-order valence-corrected chi connectivity index (χ4v) is 4.46. The molecule has 0 spiro atoms. The minimum atomic E-state index is -0.133. The molecule has 1 amide bonds. The summed E-state index contributed by atoms with van der Waals surface area (Å²) >= 11 is 1.28. The molecule has 0 bridgehead atoms. The number of rotatable bonds is 6. The lowest BCUT2D eigenvalue weighted by Crippen LogP contribution is -2.15. The van der Waals surface area contributed by atoms with Crippen LogP contribution in [0, 0.1) is 32.1 Å².